The molecule has 2 rings (SSSR count). The molecule has 0 saturated heterocycles. The molecule has 96 valence electrons. The van der Waals surface area contributed by atoms with E-state index in [9.17, 15) is 9.50 Å². The lowest BCUT2D eigenvalue weighted by Crippen LogP contribution is -2.22. The third kappa shape index (κ3) is 2.13. The van der Waals surface area contributed by atoms with Crippen LogP contribution in [-0.4, -0.2) is 12.2 Å². The van der Waals surface area contributed by atoms with Crippen LogP contribution in [-0.2, 0) is 5.60 Å². The minimum atomic E-state index is -1.19. The van der Waals surface area contributed by atoms with Crippen LogP contribution in [0.1, 0.15) is 22.9 Å². The highest BCUT2D eigenvalue weighted by atomic mass is 32.1. The summed E-state index contributed by atoms with van der Waals surface area (Å²) in [4.78, 5) is 0.826. The normalized spacial score (nSPS) is 14.3. The Balaban J connectivity index is 2.48. The Labute approximate surface area is 110 Å². The van der Waals surface area contributed by atoms with Gasteiger partial charge in [-0.1, -0.05) is 6.07 Å². The fourth-order valence-electron chi connectivity index (χ4n) is 1.97. The number of aliphatic hydroxyl groups is 1. The van der Waals surface area contributed by atoms with Crippen molar-refractivity contribution < 1.29 is 14.2 Å². The average Bonchev–Trinajstić information content (AvgIpc) is 2.76. The second-order valence-electron chi connectivity index (χ2n) is 4.35. The minimum Gasteiger partial charge on any atom is -0.494 e. The molecule has 0 spiro atoms. The summed E-state index contributed by atoms with van der Waals surface area (Å²) in [7, 11) is 1.42. The molecule has 1 aromatic carbocycles. The van der Waals surface area contributed by atoms with Crippen molar-refractivity contribution in [2.24, 2.45) is 0 Å². The molecule has 18 heavy (non-hydrogen) atoms. The Bertz CT molecular complexity index is 561. The molecule has 0 aliphatic carbocycles. The number of thiophene rings is 1. The van der Waals surface area contributed by atoms with E-state index in [0.29, 0.717) is 5.56 Å². The summed E-state index contributed by atoms with van der Waals surface area (Å²) in [5.41, 5.74) is 0.332. The van der Waals surface area contributed by atoms with Crippen LogP contribution in [0.5, 0.6) is 5.75 Å². The van der Waals surface area contributed by atoms with E-state index in [4.69, 9.17) is 4.74 Å². The Morgan fingerprint density at radius 2 is 2.06 bits per heavy atom. The largest absolute Gasteiger partial charge is 0.494 e. The summed E-state index contributed by atoms with van der Waals surface area (Å²) in [6.07, 6.45) is 0. The first-order valence-electron chi connectivity index (χ1n) is 5.57. The van der Waals surface area contributed by atoms with Gasteiger partial charge in [0.15, 0.2) is 11.6 Å². The summed E-state index contributed by atoms with van der Waals surface area (Å²) in [5.74, 6) is -0.290. The molecule has 2 nitrogen and oxygen atoms in total. The van der Waals surface area contributed by atoms with Crippen molar-refractivity contribution in [1.29, 1.82) is 0 Å². The third-order valence-electron chi connectivity index (χ3n) is 3.02. The highest BCUT2D eigenvalue weighted by Crippen LogP contribution is 2.36. The molecule has 0 amide bonds. The van der Waals surface area contributed by atoms with Gasteiger partial charge in [0.25, 0.3) is 0 Å². The van der Waals surface area contributed by atoms with E-state index in [1.165, 1.54) is 30.6 Å². The lowest BCUT2D eigenvalue weighted by molar-refractivity contribution is 0.105. The smallest absolute Gasteiger partial charge is 0.165 e. The van der Waals surface area contributed by atoms with E-state index in [1.807, 2.05) is 18.4 Å². The molecule has 1 heterocycles. The molecule has 1 N–H and O–H groups in total. The standard InChI is InChI=1S/C14H15FO2S/c1-9-6-7-18-13(9)14(2,16)10-4-5-12(17-3)11(15)8-10/h4-8,16H,1-3H3. The number of ether oxygens (including phenoxy) is 1. The molecular weight excluding hydrogens is 251 g/mol. The van der Waals surface area contributed by atoms with Crippen molar-refractivity contribution >= 4 is 11.3 Å². The summed E-state index contributed by atoms with van der Waals surface area (Å²) in [6, 6.07) is 6.47. The second-order valence-corrected chi connectivity index (χ2v) is 5.27. The molecule has 0 aliphatic heterocycles. The first kappa shape index (κ1) is 13.1. The first-order valence-corrected chi connectivity index (χ1v) is 6.45. The zero-order chi connectivity index (χ0) is 13.3. The van der Waals surface area contributed by atoms with E-state index >= 15 is 0 Å². The molecule has 1 atom stereocenters. The Morgan fingerprint density at radius 1 is 1.33 bits per heavy atom. The Morgan fingerprint density at radius 3 is 2.56 bits per heavy atom. The lowest BCUT2D eigenvalue weighted by atomic mass is 9.92. The molecular formula is C14H15FO2S. The molecule has 4 heteroatoms. The van der Waals surface area contributed by atoms with Gasteiger partial charge in [0.1, 0.15) is 5.60 Å². The first-order chi connectivity index (χ1) is 8.46. The maximum absolute atomic E-state index is 13.7. The molecule has 2 aromatic rings. The number of methoxy groups -OCH3 is 1. The Kier molecular flexibility index (Phi) is 3.41. The van der Waals surface area contributed by atoms with Gasteiger partial charge in [0, 0.05) is 4.88 Å². The molecule has 0 fully saturated rings. The fraction of sp³-hybridized carbons (Fsp3) is 0.286. The minimum absolute atomic E-state index is 0.178. The molecule has 0 radical (unpaired) electrons. The van der Waals surface area contributed by atoms with Crippen LogP contribution in [0.3, 0.4) is 0 Å². The quantitative estimate of drug-likeness (QED) is 0.922. The van der Waals surface area contributed by atoms with Crippen LogP contribution in [0.2, 0.25) is 0 Å². The van der Waals surface area contributed by atoms with Crippen molar-refractivity contribution in [3.8, 4) is 5.75 Å². The summed E-state index contributed by atoms with van der Waals surface area (Å²) >= 11 is 1.46. The summed E-state index contributed by atoms with van der Waals surface area (Å²) in [5, 5.41) is 12.5. The summed E-state index contributed by atoms with van der Waals surface area (Å²) in [6.45, 7) is 3.60. The maximum atomic E-state index is 13.7. The summed E-state index contributed by atoms with van der Waals surface area (Å²) < 4.78 is 18.6. The lowest BCUT2D eigenvalue weighted by Gasteiger charge is -2.24. The van der Waals surface area contributed by atoms with E-state index in [0.717, 1.165) is 10.4 Å². The van der Waals surface area contributed by atoms with Crippen LogP contribution in [0.15, 0.2) is 29.6 Å². The number of aryl methyl sites for hydroxylation is 1. The van der Waals surface area contributed by atoms with Gasteiger partial charge in [-0.2, -0.15) is 0 Å². The number of rotatable bonds is 3. The van der Waals surface area contributed by atoms with E-state index in [1.54, 1.807) is 13.0 Å². The fourth-order valence-corrected chi connectivity index (χ4v) is 2.98. The topological polar surface area (TPSA) is 29.5 Å². The predicted octanol–water partition coefficient (Wildman–Crippen LogP) is 3.46. The van der Waals surface area contributed by atoms with Crippen molar-refractivity contribution in [2.45, 2.75) is 19.4 Å². The molecule has 1 unspecified atom stereocenters. The monoisotopic (exact) mass is 266 g/mol. The van der Waals surface area contributed by atoms with Gasteiger partial charge in [-0.15, -0.1) is 11.3 Å². The van der Waals surface area contributed by atoms with E-state index < -0.39 is 11.4 Å². The van der Waals surface area contributed by atoms with Gasteiger partial charge in [0.2, 0.25) is 0 Å². The molecule has 0 aliphatic rings. The van der Waals surface area contributed by atoms with Crippen LogP contribution >= 0.6 is 11.3 Å². The number of hydrogen-bond acceptors (Lipinski definition) is 3. The van der Waals surface area contributed by atoms with Crippen LogP contribution in [0.4, 0.5) is 4.39 Å². The Hall–Kier alpha value is -1.39. The SMILES string of the molecule is COc1ccc(C(C)(O)c2sccc2C)cc1F. The van der Waals surface area contributed by atoms with Crippen LogP contribution < -0.4 is 4.74 Å². The molecule has 0 bridgehead atoms. The highest BCUT2D eigenvalue weighted by Gasteiger charge is 2.29. The second kappa shape index (κ2) is 4.71. The number of halogens is 1. The average molecular weight is 266 g/mol. The van der Waals surface area contributed by atoms with Crippen molar-refractivity contribution in [2.75, 3.05) is 7.11 Å². The highest BCUT2D eigenvalue weighted by molar-refractivity contribution is 7.10. The van der Waals surface area contributed by atoms with Gasteiger partial charge in [0.05, 0.1) is 7.11 Å². The maximum Gasteiger partial charge on any atom is 0.165 e. The van der Waals surface area contributed by atoms with Gasteiger partial charge < -0.3 is 9.84 Å². The van der Waals surface area contributed by atoms with Crippen molar-refractivity contribution in [3.63, 3.8) is 0 Å². The molecule has 1 aromatic heterocycles. The zero-order valence-corrected chi connectivity index (χ0v) is 11.3. The molecule has 0 saturated carbocycles. The van der Waals surface area contributed by atoms with Crippen LogP contribution in [0.25, 0.3) is 0 Å². The van der Waals surface area contributed by atoms with Crippen LogP contribution in [0, 0.1) is 12.7 Å². The van der Waals surface area contributed by atoms with Gasteiger partial charge in [-0.05, 0) is 48.6 Å². The predicted molar refractivity (Wildman–Crippen MR) is 70.7 cm³/mol. The van der Waals surface area contributed by atoms with E-state index in [2.05, 4.69) is 0 Å². The van der Waals surface area contributed by atoms with Crippen molar-refractivity contribution in [3.05, 3.63) is 51.5 Å². The van der Waals surface area contributed by atoms with Gasteiger partial charge in [-0.25, -0.2) is 4.39 Å². The third-order valence-corrected chi connectivity index (χ3v) is 4.25. The number of benzene rings is 1. The van der Waals surface area contributed by atoms with Crippen molar-refractivity contribution in [1.82, 2.24) is 0 Å². The number of hydrogen-bond donors (Lipinski definition) is 1. The van der Waals surface area contributed by atoms with Gasteiger partial charge >= 0.3 is 0 Å². The van der Waals surface area contributed by atoms with Gasteiger partial charge in [-0.3, -0.25) is 0 Å². The zero-order valence-electron chi connectivity index (χ0n) is 10.5. The van der Waals surface area contributed by atoms with E-state index in [-0.39, 0.29) is 5.75 Å².